The van der Waals surface area contributed by atoms with E-state index in [9.17, 15) is 29.8 Å². The summed E-state index contributed by atoms with van der Waals surface area (Å²) in [5, 5.41) is 37.9. The van der Waals surface area contributed by atoms with Gasteiger partial charge in [-0.3, -0.25) is 0 Å². The van der Waals surface area contributed by atoms with Gasteiger partial charge in [0.1, 0.15) is 71.8 Å². The molecule has 0 spiro atoms. The first-order valence-corrected chi connectivity index (χ1v) is 9.76. The highest BCUT2D eigenvalue weighted by molar-refractivity contribution is 5.77. The minimum Gasteiger partial charge on any atom is -0.456 e. The summed E-state index contributed by atoms with van der Waals surface area (Å²) in [5.74, 6) is 0.116. The molecule has 0 bridgehead atoms. The van der Waals surface area contributed by atoms with Gasteiger partial charge in [-0.2, -0.15) is 21.0 Å². The molecular formula is C26H14F2N4O2. The predicted molar refractivity (Wildman–Crippen MR) is 118 cm³/mol. The van der Waals surface area contributed by atoms with E-state index >= 15 is 0 Å². The Morgan fingerprint density at radius 2 is 0.941 bits per heavy atom. The average molecular weight is 452 g/mol. The Kier molecular flexibility index (Phi) is 7.54. The molecule has 0 N–H and O–H groups in total. The Hall–Kier alpha value is -5.18. The van der Waals surface area contributed by atoms with E-state index in [0.717, 1.165) is 0 Å². The van der Waals surface area contributed by atoms with E-state index in [-0.39, 0.29) is 55.7 Å². The van der Waals surface area contributed by atoms with E-state index in [1.807, 2.05) is 0 Å². The minimum atomic E-state index is -0.833. The van der Waals surface area contributed by atoms with E-state index in [1.54, 1.807) is 48.5 Å². The molecule has 0 aliphatic rings. The van der Waals surface area contributed by atoms with E-state index < -0.39 is 13.3 Å². The zero-order valence-electron chi connectivity index (χ0n) is 17.5. The number of hydrogen-bond acceptors (Lipinski definition) is 6. The van der Waals surface area contributed by atoms with Crippen LogP contribution in [0.2, 0.25) is 0 Å². The van der Waals surface area contributed by atoms with Gasteiger partial charge in [0.2, 0.25) is 0 Å². The highest BCUT2D eigenvalue weighted by Gasteiger charge is 2.15. The van der Waals surface area contributed by atoms with Gasteiger partial charge in [-0.25, -0.2) is 8.78 Å². The van der Waals surface area contributed by atoms with Crippen molar-refractivity contribution in [3.05, 3.63) is 82.2 Å². The first-order chi connectivity index (χ1) is 16.6. The lowest BCUT2D eigenvalue weighted by molar-refractivity contribution is 0.428. The Morgan fingerprint density at radius 3 is 1.26 bits per heavy atom. The largest absolute Gasteiger partial charge is 0.456 e. The lowest BCUT2D eigenvalue weighted by Crippen LogP contribution is -2.18. The molecule has 3 rings (SSSR count). The number of ether oxygens (including phenoxy) is 2. The molecule has 0 amide bonds. The first kappa shape index (κ1) is 23.5. The fourth-order valence-corrected chi connectivity index (χ4v) is 3.07. The number of benzene rings is 3. The van der Waals surface area contributed by atoms with E-state index in [4.69, 9.17) is 9.47 Å². The second kappa shape index (κ2) is 10.9. The van der Waals surface area contributed by atoms with Gasteiger partial charge in [0, 0.05) is 21.6 Å². The van der Waals surface area contributed by atoms with E-state index in [1.165, 1.54) is 36.4 Å². The van der Waals surface area contributed by atoms with Gasteiger partial charge in [-0.15, -0.1) is 0 Å². The van der Waals surface area contributed by atoms with Crippen molar-refractivity contribution in [1.82, 2.24) is 0 Å². The summed E-state index contributed by atoms with van der Waals surface area (Å²) >= 11 is 0. The van der Waals surface area contributed by atoms with Crippen LogP contribution in [0.25, 0.3) is 11.1 Å². The summed E-state index contributed by atoms with van der Waals surface area (Å²) in [6.45, 7) is -1.67. The lowest BCUT2D eigenvalue weighted by Gasteiger charge is -2.14. The molecule has 0 aromatic heterocycles. The molecular weight excluding hydrogens is 438 g/mol. The standard InChI is InChI=1S/C26H14F2N4O2/c27-11-17-5-1-3-7-23(17)33-25-9-22(20(15-31)16-32)26(10-21(25)19(13-29)14-30)34-24-8-4-2-6-18(24)12-28/h1-10H,11-12H2. The maximum atomic E-state index is 13.4. The summed E-state index contributed by atoms with van der Waals surface area (Å²) < 4.78 is 38.6. The van der Waals surface area contributed by atoms with Crippen molar-refractivity contribution < 1.29 is 18.3 Å². The number of para-hydroxylation sites is 2. The van der Waals surface area contributed by atoms with Crippen LogP contribution >= 0.6 is 0 Å². The summed E-state index contributed by atoms with van der Waals surface area (Å²) in [6.07, 6.45) is 0. The van der Waals surface area contributed by atoms with Crippen LogP contribution in [-0.2, 0) is 13.3 Å². The molecule has 0 unspecified atom stereocenters. The SMILES string of the molecule is N#CC(C#N)=c1cc(Oc2ccccc2CF)c(=C(C#N)C#N)cc1Oc1ccccc1CF. The van der Waals surface area contributed by atoms with Crippen molar-refractivity contribution in [3.63, 3.8) is 0 Å². The number of alkyl halides is 2. The van der Waals surface area contributed by atoms with Crippen molar-refractivity contribution in [2.45, 2.75) is 13.3 Å². The fourth-order valence-electron chi connectivity index (χ4n) is 3.07. The van der Waals surface area contributed by atoms with Gasteiger partial charge in [0.15, 0.2) is 0 Å². The quantitative estimate of drug-likeness (QED) is 0.540. The highest BCUT2D eigenvalue weighted by atomic mass is 19.1. The molecule has 6 nitrogen and oxygen atoms in total. The van der Waals surface area contributed by atoms with E-state index in [0.29, 0.717) is 0 Å². The van der Waals surface area contributed by atoms with Crippen LogP contribution in [0.15, 0.2) is 60.7 Å². The number of halogens is 2. The Morgan fingerprint density at radius 1 is 0.588 bits per heavy atom. The molecule has 0 aliphatic heterocycles. The Bertz CT molecular complexity index is 1390. The zero-order valence-corrected chi connectivity index (χ0v) is 17.5. The molecule has 3 aromatic rings. The van der Waals surface area contributed by atoms with Crippen LogP contribution in [0, 0.1) is 45.3 Å². The highest BCUT2D eigenvalue weighted by Crippen LogP contribution is 2.27. The molecule has 34 heavy (non-hydrogen) atoms. The molecule has 0 saturated carbocycles. The van der Waals surface area contributed by atoms with Crippen molar-refractivity contribution in [2.24, 2.45) is 0 Å². The smallest absolute Gasteiger partial charge is 0.140 e. The molecule has 0 radical (unpaired) electrons. The molecule has 0 fully saturated rings. The number of hydrogen-bond donors (Lipinski definition) is 0. The summed E-state index contributed by atoms with van der Waals surface area (Å²) in [7, 11) is 0. The van der Waals surface area contributed by atoms with Crippen LogP contribution in [-0.4, -0.2) is 0 Å². The number of nitrogens with zero attached hydrogens (tertiary/aromatic N) is 4. The van der Waals surface area contributed by atoms with Crippen LogP contribution < -0.4 is 19.9 Å². The molecule has 3 aromatic carbocycles. The Labute approximate surface area is 193 Å². The molecule has 0 heterocycles. The van der Waals surface area contributed by atoms with Gasteiger partial charge in [-0.1, -0.05) is 36.4 Å². The van der Waals surface area contributed by atoms with Gasteiger partial charge in [-0.05, 0) is 24.3 Å². The fraction of sp³-hybridized carbons (Fsp3) is 0.0769. The molecule has 0 aliphatic carbocycles. The summed E-state index contributed by atoms with van der Waals surface area (Å²) in [6, 6.07) is 22.0. The summed E-state index contributed by atoms with van der Waals surface area (Å²) in [5.41, 5.74) is -0.267. The average Bonchev–Trinajstić information content (AvgIpc) is 2.88. The first-order valence-electron chi connectivity index (χ1n) is 9.76. The van der Waals surface area contributed by atoms with Crippen molar-refractivity contribution >= 4 is 11.1 Å². The predicted octanol–water partition coefficient (Wildman–Crippen LogP) is 4.61. The van der Waals surface area contributed by atoms with Gasteiger partial charge >= 0.3 is 0 Å². The molecule has 8 heteroatoms. The van der Waals surface area contributed by atoms with Crippen LogP contribution in [0.4, 0.5) is 8.78 Å². The number of nitriles is 4. The molecule has 0 atom stereocenters. The second-order valence-corrected chi connectivity index (χ2v) is 6.73. The summed E-state index contributed by atoms with van der Waals surface area (Å²) in [4.78, 5) is 0. The van der Waals surface area contributed by atoms with Gasteiger partial charge in [0.05, 0.1) is 0 Å². The maximum absolute atomic E-state index is 13.4. The zero-order chi connectivity index (χ0) is 24.5. The van der Waals surface area contributed by atoms with Crippen LogP contribution in [0.3, 0.4) is 0 Å². The topological polar surface area (TPSA) is 114 Å². The van der Waals surface area contributed by atoms with E-state index in [2.05, 4.69) is 0 Å². The normalized spacial score (nSPS) is 9.59. The van der Waals surface area contributed by atoms with Crippen molar-refractivity contribution in [1.29, 1.82) is 21.0 Å². The third-order valence-corrected chi connectivity index (χ3v) is 4.74. The third kappa shape index (κ3) is 4.83. The van der Waals surface area contributed by atoms with Crippen LogP contribution in [0.1, 0.15) is 11.1 Å². The maximum Gasteiger partial charge on any atom is 0.140 e. The minimum absolute atomic E-state index is 0.00892. The van der Waals surface area contributed by atoms with Gasteiger partial charge in [0.25, 0.3) is 0 Å². The van der Waals surface area contributed by atoms with Crippen molar-refractivity contribution in [3.8, 4) is 47.3 Å². The Balaban J connectivity index is 2.38. The number of rotatable bonds is 6. The van der Waals surface area contributed by atoms with Gasteiger partial charge < -0.3 is 9.47 Å². The lowest BCUT2D eigenvalue weighted by atomic mass is 10.1. The van der Waals surface area contributed by atoms with Crippen LogP contribution in [0.5, 0.6) is 23.0 Å². The monoisotopic (exact) mass is 452 g/mol. The molecule has 164 valence electrons. The third-order valence-electron chi connectivity index (χ3n) is 4.74. The van der Waals surface area contributed by atoms with Crippen molar-refractivity contribution in [2.75, 3.05) is 0 Å². The molecule has 0 saturated heterocycles. The second-order valence-electron chi connectivity index (χ2n) is 6.73.